The predicted molar refractivity (Wildman–Crippen MR) is 169 cm³/mol. The number of hydrogen-bond donors (Lipinski definition) is 1. The lowest BCUT2D eigenvalue weighted by Crippen LogP contribution is -2.52. The summed E-state index contributed by atoms with van der Waals surface area (Å²) in [6.45, 7) is 8.01. The van der Waals surface area contributed by atoms with E-state index >= 15 is 0 Å². The molecule has 3 aromatic rings. The molecule has 0 saturated carbocycles. The van der Waals surface area contributed by atoms with Crippen molar-refractivity contribution in [3.05, 3.63) is 92.5 Å². The summed E-state index contributed by atoms with van der Waals surface area (Å²) in [5.41, 5.74) is 1.56. The molecule has 0 saturated heterocycles. The number of nitrogens with zero attached hydrogens (tertiary/aromatic N) is 3. The monoisotopic (exact) mass is 644 g/mol. The molecule has 0 aliphatic rings. The first-order chi connectivity index (χ1) is 20.7. The van der Waals surface area contributed by atoms with Crippen LogP contribution in [0.1, 0.15) is 43.9 Å². The average molecular weight is 645 g/mol. The highest BCUT2D eigenvalue weighted by Crippen LogP contribution is 2.36. The van der Waals surface area contributed by atoms with Crippen LogP contribution in [0.2, 0.25) is 5.02 Å². The molecule has 0 spiro atoms. The van der Waals surface area contributed by atoms with Crippen LogP contribution in [-0.2, 0) is 26.2 Å². The number of carbonyl (C=O) groups is 2. The van der Waals surface area contributed by atoms with Gasteiger partial charge in [-0.1, -0.05) is 54.4 Å². The molecule has 0 fully saturated rings. The van der Waals surface area contributed by atoms with Gasteiger partial charge in [-0.3, -0.25) is 24.0 Å². The number of rotatable bonds is 13. The maximum absolute atomic E-state index is 14.2. The summed E-state index contributed by atoms with van der Waals surface area (Å²) in [4.78, 5) is 39.2. The SMILES string of the molecule is CC[C@@H](C)NC(=O)[C@@H](C)N(Cc1ccc(C)cc1)C(=O)CN(c1cc(Cl)ccc1OC)S(=O)(=O)c1ccc(C)c([N+](=O)[O-])c1. The molecule has 3 rings (SSSR count). The molecular formula is C31H37ClN4O7S. The Bertz CT molecular complexity index is 1630. The topological polar surface area (TPSA) is 139 Å². The highest BCUT2D eigenvalue weighted by Gasteiger charge is 2.35. The summed E-state index contributed by atoms with van der Waals surface area (Å²) in [5.74, 6) is -0.992. The number of nitro benzene ring substituents is 1. The second-order valence-electron chi connectivity index (χ2n) is 10.5. The van der Waals surface area contributed by atoms with E-state index in [1.165, 1.54) is 49.3 Å². The van der Waals surface area contributed by atoms with Crippen LogP contribution in [-0.4, -0.2) is 55.8 Å². The van der Waals surface area contributed by atoms with E-state index in [2.05, 4.69) is 5.32 Å². The lowest BCUT2D eigenvalue weighted by Gasteiger charge is -2.33. The summed E-state index contributed by atoms with van der Waals surface area (Å²) in [5, 5.41) is 14.7. The van der Waals surface area contributed by atoms with Crippen molar-refractivity contribution < 1.29 is 27.7 Å². The Balaban J connectivity index is 2.15. The number of sulfonamides is 1. The fraction of sp³-hybridized carbons (Fsp3) is 0.355. The van der Waals surface area contributed by atoms with Gasteiger partial charge in [-0.2, -0.15) is 0 Å². The molecule has 0 unspecified atom stereocenters. The van der Waals surface area contributed by atoms with Crippen LogP contribution in [0, 0.1) is 24.0 Å². The van der Waals surface area contributed by atoms with Gasteiger partial charge in [0, 0.05) is 29.2 Å². The number of halogens is 1. The lowest BCUT2D eigenvalue weighted by atomic mass is 10.1. The first kappa shape index (κ1) is 34.3. The van der Waals surface area contributed by atoms with Gasteiger partial charge in [-0.25, -0.2) is 8.42 Å². The molecule has 1 N–H and O–H groups in total. The van der Waals surface area contributed by atoms with E-state index in [1.54, 1.807) is 6.92 Å². The Morgan fingerprint density at radius 3 is 2.30 bits per heavy atom. The lowest BCUT2D eigenvalue weighted by molar-refractivity contribution is -0.385. The molecule has 236 valence electrons. The van der Waals surface area contributed by atoms with Gasteiger partial charge in [-0.05, 0) is 63.9 Å². The normalized spacial score (nSPS) is 12.6. The average Bonchev–Trinajstić information content (AvgIpc) is 2.98. The molecule has 0 radical (unpaired) electrons. The third-order valence-electron chi connectivity index (χ3n) is 7.30. The highest BCUT2D eigenvalue weighted by molar-refractivity contribution is 7.92. The van der Waals surface area contributed by atoms with Crippen LogP contribution >= 0.6 is 11.6 Å². The third-order valence-corrected chi connectivity index (χ3v) is 9.29. The Morgan fingerprint density at radius 1 is 1.05 bits per heavy atom. The number of amides is 2. The van der Waals surface area contributed by atoms with E-state index in [1.807, 2.05) is 45.0 Å². The van der Waals surface area contributed by atoms with E-state index in [4.69, 9.17) is 16.3 Å². The molecular weight excluding hydrogens is 608 g/mol. The van der Waals surface area contributed by atoms with Crippen LogP contribution < -0.4 is 14.4 Å². The van der Waals surface area contributed by atoms with Gasteiger partial charge in [0.1, 0.15) is 18.3 Å². The second-order valence-corrected chi connectivity index (χ2v) is 12.8. The molecule has 2 amide bonds. The van der Waals surface area contributed by atoms with Crippen LogP contribution in [0.5, 0.6) is 5.75 Å². The molecule has 11 nitrogen and oxygen atoms in total. The van der Waals surface area contributed by atoms with Crippen molar-refractivity contribution in [2.75, 3.05) is 18.0 Å². The molecule has 44 heavy (non-hydrogen) atoms. The van der Waals surface area contributed by atoms with Crippen molar-refractivity contribution >= 4 is 44.8 Å². The van der Waals surface area contributed by atoms with Crippen molar-refractivity contribution in [1.82, 2.24) is 10.2 Å². The van der Waals surface area contributed by atoms with E-state index < -0.39 is 49.9 Å². The molecule has 2 atom stereocenters. The van der Waals surface area contributed by atoms with Crippen LogP contribution in [0.4, 0.5) is 11.4 Å². The number of ether oxygens (including phenoxy) is 1. The first-order valence-corrected chi connectivity index (χ1v) is 15.8. The summed E-state index contributed by atoms with van der Waals surface area (Å²) in [6.07, 6.45) is 0.674. The fourth-order valence-electron chi connectivity index (χ4n) is 4.38. The van der Waals surface area contributed by atoms with E-state index in [-0.39, 0.29) is 34.6 Å². The summed E-state index contributed by atoms with van der Waals surface area (Å²) in [6, 6.07) is 14.1. The standard InChI is InChI=1S/C31H37ClN4O7S/c1-7-22(4)33-31(38)23(5)34(18-24-11-8-20(2)9-12-24)30(37)19-35(28-16-25(32)13-15-29(28)43-6)44(41,42)26-14-10-21(3)27(17-26)36(39)40/h8-17,22-23H,7,18-19H2,1-6H3,(H,33,38)/t22-,23-/m1/s1. The van der Waals surface area contributed by atoms with Gasteiger partial charge in [0.05, 0.1) is 22.6 Å². The second kappa shape index (κ2) is 14.5. The summed E-state index contributed by atoms with van der Waals surface area (Å²) in [7, 11) is -3.28. The molecule has 0 aliphatic carbocycles. The number of nitrogens with one attached hydrogen (secondary N) is 1. The van der Waals surface area contributed by atoms with Crippen LogP contribution in [0.3, 0.4) is 0 Å². The van der Waals surface area contributed by atoms with E-state index in [0.29, 0.717) is 6.42 Å². The molecule has 0 heterocycles. The van der Waals surface area contributed by atoms with Crippen molar-refractivity contribution in [1.29, 1.82) is 0 Å². The van der Waals surface area contributed by atoms with E-state index in [0.717, 1.165) is 21.5 Å². The maximum atomic E-state index is 14.2. The van der Waals surface area contributed by atoms with Gasteiger partial charge >= 0.3 is 0 Å². The number of nitro groups is 1. The first-order valence-electron chi connectivity index (χ1n) is 14.0. The summed E-state index contributed by atoms with van der Waals surface area (Å²) < 4.78 is 34.6. The van der Waals surface area contributed by atoms with Gasteiger partial charge in [0.15, 0.2) is 0 Å². The molecule has 0 aromatic heterocycles. The molecule has 3 aromatic carbocycles. The number of carbonyl (C=O) groups excluding carboxylic acids is 2. The Labute approximate surface area is 263 Å². The van der Waals surface area contributed by atoms with E-state index in [9.17, 15) is 28.1 Å². The zero-order valence-corrected chi connectivity index (χ0v) is 27.1. The Kier molecular flexibility index (Phi) is 11.3. The van der Waals surface area contributed by atoms with Gasteiger partial charge in [0.2, 0.25) is 11.8 Å². The van der Waals surface area contributed by atoms with Crippen LogP contribution in [0.25, 0.3) is 0 Å². The quantitative estimate of drug-likeness (QED) is 0.194. The minimum atomic E-state index is -4.61. The Morgan fingerprint density at radius 2 is 1.70 bits per heavy atom. The minimum absolute atomic E-state index is 0.0186. The van der Waals surface area contributed by atoms with Gasteiger partial charge < -0.3 is 15.0 Å². The maximum Gasteiger partial charge on any atom is 0.273 e. The Hall–Kier alpha value is -4.16. The largest absolute Gasteiger partial charge is 0.495 e. The van der Waals surface area contributed by atoms with Crippen LogP contribution in [0.15, 0.2) is 65.6 Å². The third kappa shape index (κ3) is 8.06. The molecule has 0 bridgehead atoms. The van der Waals surface area contributed by atoms with Crippen molar-refractivity contribution in [3.63, 3.8) is 0 Å². The van der Waals surface area contributed by atoms with Gasteiger partial charge in [0.25, 0.3) is 15.7 Å². The van der Waals surface area contributed by atoms with Gasteiger partial charge in [-0.15, -0.1) is 0 Å². The number of hydrogen-bond acceptors (Lipinski definition) is 7. The summed E-state index contributed by atoms with van der Waals surface area (Å²) >= 11 is 6.26. The molecule has 0 aliphatic heterocycles. The van der Waals surface area contributed by atoms with Crippen molar-refractivity contribution in [2.45, 2.75) is 64.6 Å². The molecule has 13 heteroatoms. The van der Waals surface area contributed by atoms with Crippen molar-refractivity contribution in [2.24, 2.45) is 0 Å². The number of aryl methyl sites for hydroxylation is 2. The van der Waals surface area contributed by atoms with Crippen molar-refractivity contribution in [3.8, 4) is 5.75 Å². The fourth-order valence-corrected chi connectivity index (χ4v) is 5.99. The number of anilines is 1. The smallest absolute Gasteiger partial charge is 0.273 e. The number of benzene rings is 3. The zero-order chi connectivity index (χ0) is 32.8. The zero-order valence-electron chi connectivity index (χ0n) is 25.5. The minimum Gasteiger partial charge on any atom is -0.495 e. The predicted octanol–water partition coefficient (Wildman–Crippen LogP) is 5.40. The number of methoxy groups -OCH3 is 1. The highest BCUT2D eigenvalue weighted by atomic mass is 35.5.